The fraction of sp³-hybridized carbons (Fsp3) is 0.462. The van der Waals surface area contributed by atoms with Crippen LogP contribution < -0.4 is 5.32 Å². The maximum absolute atomic E-state index is 11.1. The number of aliphatic carboxylic acids is 1. The highest BCUT2D eigenvalue weighted by atomic mass is 16.4. The molecule has 2 N–H and O–H groups in total. The molecule has 0 aliphatic heterocycles. The summed E-state index contributed by atoms with van der Waals surface area (Å²) in [4.78, 5) is 11.1. The lowest BCUT2D eigenvalue weighted by atomic mass is 9.99. The first-order chi connectivity index (χ1) is 7.65. The van der Waals surface area contributed by atoms with E-state index in [0.717, 1.165) is 12.0 Å². The van der Waals surface area contributed by atoms with Crippen LogP contribution in [-0.4, -0.2) is 17.1 Å². The Morgan fingerprint density at radius 1 is 1.38 bits per heavy atom. The third-order valence-electron chi connectivity index (χ3n) is 2.85. The van der Waals surface area contributed by atoms with Gasteiger partial charge in [0.2, 0.25) is 0 Å². The Morgan fingerprint density at radius 2 is 2.00 bits per heavy atom. The van der Waals surface area contributed by atoms with E-state index in [-0.39, 0.29) is 5.92 Å². The molecular formula is C13H19NO2. The van der Waals surface area contributed by atoms with Crippen LogP contribution in [0.4, 0.5) is 0 Å². The Labute approximate surface area is 96.5 Å². The van der Waals surface area contributed by atoms with Crippen LogP contribution >= 0.6 is 0 Å². The van der Waals surface area contributed by atoms with Gasteiger partial charge in [-0.15, -0.1) is 0 Å². The summed E-state index contributed by atoms with van der Waals surface area (Å²) in [6.07, 6.45) is 0.860. The van der Waals surface area contributed by atoms with E-state index >= 15 is 0 Å². The van der Waals surface area contributed by atoms with E-state index in [2.05, 4.69) is 5.32 Å². The van der Waals surface area contributed by atoms with Crippen molar-refractivity contribution in [3.05, 3.63) is 35.9 Å². The summed E-state index contributed by atoms with van der Waals surface area (Å²) in [7, 11) is 0. The molecule has 0 saturated heterocycles. The summed E-state index contributed by atoms with van der Waals surface area (Å²) in [5, 5.41) is 12.2. The predicted octanol–water partition coefficient (Wildman–Crippen LogP) is 2.28. The van der Waals surface area contributed by atoms with E-state index in [9.17, 15) is 4.79 Å². The van der Waals surface area contributed by atoms with Gasteiger partial charge in [0.25, 0.3) is 0 Å². The third kappa shape index (κ3) is 3.66. The second-order valence-electron chi connectivity index (χ2n) is 4.07. The summed E-state index contributed by atoms with van der Waals surface area (Å²) in [5.41, 5.74) is 1.11. The standard InChI is InChI=1S/C13H19NO2/c1-3-10(2)12(13(15)16)14-9-11-7-5-4-6-8-11/h4-8,10,12,14H,3,9H2,1-2H3,(H,15,16)/t10?,12-/m1/s1. The van der Waals surface area contributed by atoms with Crippen LogP contribution in [-0.2, 0) is 11.3 Å². The Bertz CT molecular complexity index is 324. The van der Waals surface area contributed by atoms with Crippen molar-refractivity contribution >= 4 is 5.97 Å². The molecule has 0 radical (unpaired) electrons. The second-order valence-corrected chi connectivity index (χ2v) is 4.07. The number of nitrogens with one attached hydrogen (secondary N) is 1. The quantitative estimate of drug-likeness (QED) is 0.774. The van der Waals surface area contributed by atoms with Gasteiger partial charge in [-0.1, -0.05) is 50.6 Å². The molecule has 0 amide bonds. The number of carboxylic acids is 1. The lowest BCUT2D eigenvalue weighted by Crippen LogP contribution is -2.41. The molecule has 0 bridgehead atoms. The van der Waals surface area contributed by atoms with Crippen LogP contribution in [0.25, 0.3) is 0 Å². The van der Waals surface area contributed by atoms with Gasteiger partial charge in [0.05, 0.1) is 0 Å². The van der Waals surface area contributed by atoms with E-state index in [1.165, 1.54) is 0 Å². The van der Waals surface area contributed by atoms with Gasteiger partial charge in [-0.3, -0.25) is 4.79 Å². The zero-order valence-electron chi connectivity index (χ0n) is 9.81. The second kappa shape index (κ2) is 6.28. The van der Waals surface area contributed by atoms with Crippen LogP contribution in [0.5, 0.6) is 0 Å². The van der Waals surface area contributed by atoms with E-state index in [1.54, 1.807) is 0 Å². The molecule has 1 aromatic rings. The molecule has 16 heavy (non-hydrogen) atoms. The number of benzene rings is 1. The highest BCUT2D eigenvalue weighted by Gasteiger charge is 2.22. The molecule has 0 heterocycles. The van der Waals surface area contributed by atoms with E-state index in [4.69, 9.17) is 5.11 Å². The first-order valence-electron chi connectivity index (χ1n) is 5.65. The molecular weight excluding hydrogens is 202 g/mol. The maximum atomic E-state index is 11.1. The summed E-state index contributed by atoms with van der Waals surface area (Å²) in [6.45, 7) is 4.56. The molecule has 0 aliphatic rings. The topological polar surface area (TPSA) is 49.3 Å². The summed E-state index contributed by atoms with van der Waals surface area (Å²) >= 11 is 0. The number of rotatable bonds is 6. The van der Waals surface area contributed by atoms with E-state index in [0.29, 0.717) is 6.54 Å². The lowest BCUT2D eigenvalue weighted by molar-refractivity contribution is -0.140. The fourth-order valence-corrected chi connectivity index (χ4v) is 1.59. The number of hydrogen-bond acceptors (Lipinski definition) is 2. The van der Waals surface area contributed by atoms with Gasteiger partial charge in [-0.25, -0.2) is 0 Å². The number of hydrogen-bond donors (Lipinski definition) is 2. The molecule has 1 unspecified atom stereocenters. The minimum absolute atomic E-state index is 0.140. The highest BCUT2D eigenvalue weighted by molar-refractivity contribution is 5.73. The Kier molecular flexibility index (Phi) is 4.99. The largest absolute Gasteiger partial charge is 0.480 e. The molecule has 0 spiro atoms. The minimum Gasteiger partial charge on any atom is -0.480 e. The van der Waals surface area contributed by atoms with Crippen molar-refractivity contribution in [2.45, 2.75) is 32.9 Å². The molecule has 2 atom stereocenters. The molecule has 1 rings (SSSR count). The van der Waals surface area contributed by atoms with Gasteiger partial charge >= 0.3 is 5.97 Å². The monoisotopic (exact) mass is 221 g/mol. The average molecular weight is 221 g/mol. The van der Waals surface area contributed by atoms with Crippen molar-refractivity contribution in [3.63, 3.8) is 0 Å². The van der Waals surface area contributed by atoms with Crippen molar-refractivity contribution in [2.24, 2.45) is 5.92 Å². The molecule has 0 fully saturated rings. The van der Waals surface area contributed by atoms with Gasteiger partial charge in [0.1, 0.15) is 6.04 Å². The van der Waals surface area contributed by atoms with E-state index < -0.39 is 12.0 Å². The molecule has 0 aromatic heterocycles. The van der Waals surface area contributed by atoms with Gasteiger partial charge in [0, 0.05) is 6.54 Å². The van der Waals surface area contributed by atoms with Crippen molar-refractivity contribution in [1.82, 2.24) is 5.32 Å². The average Bonchev–Trinajstić information content (AvgIpc) is 2.30. The Morgan fingerprint density at radius 3 is 2.50 bits per heavy atom. The predicted molar refractivity (Wildman–Crippen MR) is 64.2 cm³/mol. The van der Waals surface area contributed by atoms with Crippen LogP contribution in [0, 0.1) is 5.92 Å². The Balaban J connectivity index is 2.54. The van der Waals surface area contributed by atoms with Gasteiger partial charge in [0.15, 0.2) is 0 Å². The third-order valence-corrected chi connectivity index (χ3v) is 2.85. The molecule has 1 aromatic carbocycles. The summed E-state index contributed by atoms with van der Waals surface area (Å²) < 4.78 is 0. The smallest absolute Gasteiger partial charge is 0.320 e. The molecule has 3 heteroatoms. The van der Waals surface area contributed by atoms with Crippen molar-refractivity contribution in [3.8, 4) is 0 Å². The normalized spacial score (nSPS) is 14.4. The molecule has 88 valence electrons. The first kappa shape index (κ1) is 12.7. The van der Waals surface area contributed by atoms with Crippen LogP contribution in [0.2, 0.25) is 0 Å². The van der Waals surface area contributed by atoms with Crippen molar-refractivity contribution < 1.29 is 9.90 Å². The van der Waals surface area contributed by atoms with Crippen LogP contribution in [0.15, 0.2) is 30.3 Å². The van der Waals surface area contributed by atoms with Crippen molar-refractivity contribution in [1.29, 1.82) is 0 Å². The maximum Gasteiger partial charge on any atom is 0.320 e. The van der Waals surface area contributed by atoms with E-state index in [1.807, 2.05) is 44.2 Å². The minimum atomic E-state index is -0.773. The van der Waals surface area contributed by atoms with Crippen LogP contribution in [0.3, 0.4) is 0 Å². The first-order valence-corrected chi connectivity index (χ1v) is 5.65. The van der Waals surface area contributed by atoms with Crippen molar-refractivity contribution in [2.75, 3.05) is 0 Å². The van der Waals surface area contributed by atoms with Gasteiger partial charge in [-0.2, -0.15) is 0 Å². The van der Waals surface area contributed by atoms with Gasteiger partial charge < -0.3 is 10.4 Å². The summed E-state index contributed by atoms with van der Waals surface area (Å²) in [6, 6.07) is 9.37. The zero-order valence-corrected chi connectivity index (χ0v) is 9.81. The summed E-state index contributed by atoms with van der Waals surface area (Å²) in [5.74, 6) is -0.633. The highest BCUT2D eigenvalue weighted by Crippen LogP contribution is 2.09. The Hall–Kier alpha value is -1.35. The SMILES string of the molecule is CCC(C)[C@@H](NCc1ccccc1)C(=O)O. The number of carbonyl (C=O) groups is 1. The zero-order chi connectivity index (χ0) is 12.0. The molecule has 0 aliphatic carbocycles. The lowest BCUT2D eigenvalue weighted by Gasteiger charge is -2.20. The number of carboxylic acid groups (broad SMARTS) is 1. The van der Waals surface area contributed by atoms with Gasteiger partial charge in [-0.05, 0) is 11.5 Å². The molecule has 0 saturated carbocycles. The molecule has 3 nitrogen and oxygen atoms in total. The van der Waals surface area contributed by atoms with Crippen LogP contribution in [0.1, 0.15) is 25.8 Å². The fourth-order valence-electron chi connectivity index (χ4n) is 1.59.